The second kappa shape index (κ2) is 4.73. The largest absolute Gasteiger partial charge is 0.299 e. The standard InChI is InChI=1S/C13H14F2O/c14-10-6-4-7-11(15)13(10)9-5-2-1-3-8-12(9)16/h4,6-7,9H,1-3,5,8H2. The molecule has 1 aromatic carbocycles. The molecule has 0 saturated heterocycles. The third-order valence-corrected chi connectivity index (χ3v) is 3.15. The second-order valence-electron chi connectivity index (χ2n) is 4.25. The smallest absolute Gasteiger partial charge is 0.140 e. The Bertz CT molecular complexity index is 381. The van der Waals surface area contributed by atoms with Crippen molar-refractivity contribution in [2.45, 2.75) is 38.0 Å². The van der Waals surface area contributed by atoms with Crippen molar-refractivity contribution in [3.05, 3.63) is 35.4 Å². The first-order valence-corrected chi connectivity index (χ1v) is 5.67. The summed E-state index contributed by atoms with van der Waals surface area (Å²) >= 11 is 0. The summed E-state index contributed by atoms with van der Waals surface area (Å²) in [5, 5.41) is 0. The van der Waals surface area contributed by atoms with Crippen LogP contribution in [0.5, 0.6) is 0 Å². The highest BCUT2D eigenvalue weighted by Crippen LogP contribution is 2.32. The summed E-state index contributed by atoms with van der Waals surface area (Å²) in [6, 6.07) is 3.77. The van der Waals surface area contributed by atoms with E-state index >= 15 is 0 Å². The molecule has 1 aliphatic rings. The average Bonchev–Trinajstić information content (AvgIpc) is 2.44. The van der Waals surface area contributed by atoms with E-state index in [4.69, 9.17) is 0 Å². The van der Waals surface area contributed by atoms with Crippen LogP contribution in [0, 0.1) is 11.6 Å². The summed E-state index contributed by atoms with van der Waals surface area (Å²) in [4.78, 5) is 11.8. The lowest BCUT2D eigenvalue weighted by Crippen LogP contribution is -2.14. The molecule has 1 unspecified atom stereocenters. The topological polar surface area (TPSA) is 17.1 Å². The van der Waals surface area contributed by atoms with Crippen molar-refractivity contribution in [3.63, 3.8) is 0 Å². The average molecular weight is 224 g/mol. The van der Waals surface area contributed by atoms with Gasteiger partial charge in [0.15, 0.2) is 0 Å². The monoisotopic (exact) mass is 224 g/mol. The van der Waals surface area contributed by atoms with Gasteiger partial charge in [-0.05, 0) is 25.0 Å². The number of rotatable bonds is 1. The van der Waals surface area contributed by atoms with Gasteiger partial charge in [0, 0.05) is 17.9 Å². The maximum Gasteiger partial charge on any atom is 0.140 e. The summed E-state index contributed by atoms with van der Waals surface area (Å²) < 4.78 is 27.1. The van der Waals surface area contributed by atoms with Crippen molar-refractivity contribution in [2.24, 2.45) is 0 Å². The number of hydrogen-bond donors (Lipinski definition) is 0. The lowest BCUT2D eigenvalue weighted by molar-refractivity contribution is -0.120. The lowest BCUT2D eigenvalue weighted by atomic mass is 9.90. The zero-order valence-electron chi connectivity index (χ0n) is 9.01. The molecule has 0 aliphatic heterocycles. The fourth-order valence-corrected chi connectivity index (χ4v) is 2.31. The van der Waals surface area contributed by atoms with Crippen LogP contribution in [0.1, 0.15) is 43.6 Å². The van der Waals surface area contributed by atoms with Crippen LogP contribution in [0.25, 0.3) is 0 Å². The molecular formula is C13H14F2O. The van der Waals surface area contributed by atoms with E-state index in [-0.39, 0.29) is 11.3 Å². The minimum atomic E-state index is -0.597. The minimum Gasteiger partial charge on any atom is -0.299 e. The van der Waals surface area contributed by atoms with E-state index < -0.39 is 17.6 Å². The number of carbonyl (C=O) groups is 1. The molecule has 0 spiro atoms. The van der Waals surface area contributed by atoms with E-state index in [9.17, 15) is 13.6 Å². The van der Waals surface area contributed by atoms with E-state index in [2.05, 4.69) is 0 Å². The van der Waals surface area contributed by atoms with Gasteiger partial charge < -0.3 is 0 Å². The van der Waals surface area contributed by atoms with Crippen molar-refractivity contribution in [1.29, 1.82) is 0 Å². The Kier molecular flexibility index (Phi) is 3.32. The van der Waals surface area contributed by atoms with Crippen LogP contribution in [0.4, 0.5) is 8.78 Å². The predicted octanol–water partition coefficient (Wildman–Crippen LogP) is 3.58. The molecule has 0 N–H and O–H groups in total. The molecule has 1 aromatic rings. The Labute approximate surface area is 93.5 Å². The number of carbonyl (C=O) groups excluding carboxylic acids is 1. The third-order valence-electron chi connectivity index (χ3n) is 3.15. The fraction of sp³-hybridized carbons (Fsp3) is 0.462. The van der Waals surface area contributed by atoms with Gasteiger partial charge in [-0.3, -0.25) is 4.79 Å². The highest BCUT2D eigenvalue weighted by molar-refractivity contribution is 5.86. The van der Waals surface area contributed by atoms with E-state index in [1.165, 1.54) is 18.2 Å². The van der Waals surface area contributed by atoms with Crippen LogP contribution < -0.4 is 0 Å². The second-order valence-corrected chi connectivity index (χ2v) is 4.25. The fourth-order valence-electron chi connectivity index (χ4n) is 2.31. The maximum atomic E-state index is 13.5. The molecular weight excluding hydrogens is 210 g/mol. The number of benzene rings is 1. The first kappa shape index (κ1) is 11.2. The first-order chi connectivity index (χ1) is 7.70. The van der Waals surface area contributed by atoms with Crippen molar-refractivity contribution < 1.29 is 13.6 Å². The number of ketones is 1. The maximum absolute atomic E-state index is 13.5. The quantitative estimate of drug-likeness (QED) is 0.666. The Hall–Kier alpha value is -1.25. The molecule has 1 atom stereocenters. The van der Waals surface area contributed by atoms with Crippen molar-refractivity contribution in [1.82, 2.24) is 0 Å². The van der Waals surface area contributed by atoms with Gasteiger partial charge in [-0.1, -0.05) is 18.9 Å². The van der Waals surface area contributed by atoms with E-state index in [0.717, 1.165) is 19.3 Å². The normalized spacial score (nSPS) is 21.9. The summed E-state index contributed by atoms with van der Waals surface area (Å²) in [5.41, 5.74) is -0.0330. The molecule has 1 nitrogen and oxygen atoms in total. The van der Waals surface area contributed by atoms with E-state index in [1.54, 1.807) is 0 Å². The zero-order chi connectivity index (χ0) is 11.5. The van der Waals surface area contributed by atoms with Gasteiger partial charge in [-0.15, -0.1) is 0 Å². The molecule has 2 rings (SSSR count). The van der Waals surface area contributed by atoms with Crippen LogP contribution in [0.3, 0.4) is 0 Å². The molecule has 0 amide bonds. The zero-order valence-corrected chi connectivity index (χ0v) is 9.01. The molecule has 0 bridgehead atoms. The van der Waals surface area contributed by atoms with Crippen LogP contribution >= 0.6 is 0 Å². The van der Waals surface area contributed by atoms with Gasteiger partial charge in [0.25, 0.3) is 0 Å². The highest BCUT2D eigenvalue weighted by atomic mass is 19.1. The van der Waals surface area contributed by atoms with Gasteiger partial charge in [0.2, 0.25) is 0 Å². The number of halogens is 2. The Morgan fingerprint density at radius 1 is 1.06 bits per heavy atom. The molecule has 3 heteroatoms. The van der Waals surface area contributed by atoms with Gasteiger partial charge in [0.05, 0.1) is 0 Å². The van der Waals surface area contributed by atoms with Crippen LogP contribution in [-0.2, 0) is 4.79 Å². The highest BCUT2D eigenvalue weighted by Gasteiger charge is 2.27. The molecule has 1 aliphatic carbocycles. The van der Waals surface area contributed by atoms with Gasteiger partial charge in [-0.25, -0.2) is 8.78 Å². The van der Waals surface area contributed by atoms with Crippen LogP contribution in [0.2, 0.25) is 0 Å². The molecule has 1 fully saturated rings. The molecule has 0 heterocycles. The van der Waals surface area contributed by atoms with Gasteiger partial charge in [-0.2, -0.15) is 0 Å². The number of Topliss-reactive ketones (excluding diaryl/α,β-unsaturated/α-hetero) is 1. The summed E-state index contributed by atoms with van der Waals surface area (Å²) in [6.45, 7) is 0. The number of hydrogen-bond acceptors (Lipinski definition) is 1. The first-order valence-electron chi connectivity index (χ1n) is 5.67. The van der Waals surface area contributed by atoms with Crippen molar-refractivity contribution in [2.75, 3.05) is 0 Å². The molecule has 16 heavy (non-hydrogen) atoms. The lowest BCUT2D eigenvalue weighted by Gasteiger charge is -2.14. The minimum absolute atomic E-state index is 0.0264. The molecule has 86 valence electrons. The molecule has 0 aromatic heterocycles. The Morgan fingerprint density at radius 2 is 1.75 bits per heavy atom. The summed E-state index contributed by atoms with van der Waals surface area (Å²) in [6.07, 6.45) is 3.68. The van der Waals surface area contributed by atoms with E-state index in [1.807, 2.05) is 0 Å². The SMILES string of the molecule is O=C1CCCCCC1c1c(F)cccc1F. The molecule has 0 radical (unpaired) electrons. The third kappa shape index (κ3) is 2.13. The van der Waals surface area contributed by atoms with Crippen molar-refractivity contribution in [3.8, 4) is 0 Å². The van der Waals surface area contributed by atoms with Crippen LogP contribution in [-0.4, -0.2) is 5.78 Å². The van der Waals surface area contributed by atoms with Gasteiger partial charge >= 0.3 is 0 Å². The van der Waals surface area contributed by atoms with Crippen LogP contribution in [0.15, 0.2) is 18.2 Å². The van der Waals surface area contributed by atoms with Gasteiger partial charge in [0.1, 0.15) is 17.4 Å². The predicted molar refractivity (Wildman–Crippen MR) is 57.2 cm³/mol. The molecule has 1 saturated carbocycles. The summed E-state index contributed by atoms with van der Waals surface area (Å²) in [7, 11) is 0. The van der Waals surface area contributed by atoms with Crippen molar-refractivity contribution >= 4 is 5.78 Å². The summed E-state index contributed by atoms with van der Waals surface area (Å²) in [5.74, 6) is -1.80. The Balaban J connectivity index is 2.37. The Morgan fingerprint density at radius 3 is 2.44 bits per heavy atom. The van der Waals surface area contributed by atoms with E-state index in [0.29, 0.717) is 12.8 Å².